The van der Waals surface area contributed by atoms with Crippen LogP contribution in [0.25, 0.3) is 0 Å². The van der Waals surface area contributed by atoms with Crippen molar-refractivity contribution in [1.82, 2.24) is 14.5 Å². The van der Waals surface area contributed by atoms with Gasteiger partial charge in [-0.2, -0.15) is 4.31 Å². The van der Waals surface area contributed by atoms with Crippen LogP contribution in [-0.4, -0.2) is 61.7 Å². The summed E-state index contributed by atoms with van der Waals surface area (Å²) in [6.07, 6.45) is 0. The summed E-state index contributed by atoms with van der Waals surface area (Å²) in [6.45, 7) is 8.63. The first-order valence-corrected chi connectivity index (χ1v) is 12.3. The molecule has 0 spiro atoms. The maximum absolute atomic E-state index is 13.2. The van der Waals surface area contributed by atoms with Crippen LogP contribution in [-0.2, 0) is 14.8 Å². The maximum atomic E-state index is 13.2. The first-order chi connectivity index (χ1) is 15.1. The van der Waals surface area contributed by atoms with Gasteiger partial charge in [-0.05, 0) is 44.0 Å². The van der Waals surface area contributed by atoms with E-state index in [2.05, 4.69) is 5.32 Å². The number of carbonyl (C=O) groups is 2. The quantitative estimate of drug-likeness (QED) is 0.722. The smallest absolute Gasteiger partial charge is 0.251 e. The van der Waals surface area contributed by atoms with Crippen molar-refractivity contribution in [3.05, 3.63) is 65.2 Å². The molecular formula is C24H31N3O4S. The molecule has 0 radical (unpaired) electrons. The zero-order valence-electron chi connectivity index (χ0n) is 19.0. The first kappa shape index (κ1) is 23.9. The van der Waals surface area contributed by atoms with Gasteiger partial charge in [0.15, 0.2) is 0 Å². The number of sulfonamides is 1. The summed E-state index contributed by atoms with van der Waals surface area (Å²) >= 11 is 0. The number of rotatable bonds is 6. The Balaban J connectivity index is 1.65. The summed E-state index contributed by atoms with van der Waals surface area (Å²) in [7, 11) is -3.60. The number of nitrogens with one attached hydrogen (secondary N) is 1. The molecule has 0 aliphatic carbocycles. The van der Waals surface area contributed by atoms with Gasteiger partial charge >= 0.3 is 0 Å². The van der Waals surface area contributed by atoms with E-state index in [0.717, 1.165) is 11.1 Å². The highest BCUT2D eigenvalue weighted by atomic mass is 32.2. The van der Waals surface area contributed by atoms with Gasteiger partial charge in [-0.3, -0.25) is 9.59 Å². The minimum absolute atomic E-state index is 0.105. The van der Waals surface area contributed by atoms with Gasteiger partial charge in [-0.15, -0.1) is 0 Å². The van der Waals surface area contributed by atoms with E-state index >= 15 is 0 Å². The van der Waals surface area contributed by atoms with Crippen molar-refractivity contribution in [2.24, 2.45) is 5.92 Å². The van der Waals surface area contributed by atoms with Gasteiger partial charge in [-0.1, -0.05) is 49.2 Å². The Morgan fingerprint density at radius 3 is 1.84 bits per heavy atom. The molecule has 0 aromatic heterocycles. The minimum atomic E-state index is -3.60. The largest absolute Gasteiger partial charge is 0.340 e. The molecule has 7 nitrogen and oxygen atoms in total. The Morgan fingerprint density at radius 1 is 0.844 bits per heavy atom. The van der Waals surface area contributed by atoms with Gasteiger partial charge < -0.3 is 10.2 Å². The molecule has 1 N–H and O–H groups in total. The number of amides is 2. The molecule has 1 aliphatic rings. The Labute approximate surface area is 190 Å². The molecule has 1 fully saturated rings. The van der Waals surface area contributed by atoms with E-state index in [1.807, 2.05) is 39.8 Å². The van der Waals surface area contributed by atoms with Crippen LogP contribution in [0.1, 0.15) is 35.3 Å². The van der Waals surface area contributed by atoms with Gasteiger partial charge in [-0.25, -0.2) is 8.42 Å². The number of hydrogen-bond acceptors (Lipinski definition) is 4. The van der Waals surface area contributed by atoms with Crippen LogP contribution in [0.2, 0.25) is 0 Å². The summed E-state index contributed by atoms with van der Waals surface area (Å²) in [5.41, 5.74) is 2.55. The van der Waals surface area contributed by atoms with Gasteiger partial charge in [0, 0.05) is 31.7 Å². The molecule has 2 amide bonds. The molecular weight excluding hydrogens is 426 g/mol. The summed E-state index contributed by atoms with van der Waals surface area (Å²) in [5.74, 6) is -0.586. The molecule has 1 aliphatic heterocycles. The Kier molecular flexibility index (Phi) is 7.36. The lowest BCUT2D eigenvalue weighted by molar-refractivity contribution is -0.135. The Bertz CT molecular complexity index is 1060. The second-order valence-corrected chi connectivity index (χ2v) is 10.5. The zero-order valence-corrected chi connectivity index (χ0v) is 19.9. The fourth-order valence-corrected chi connectivity index (χ4v) is 5.07. The minimum Gasteiger partial charge on any atom is -0.340 e. The molecule has 0 bridgehead atoms. The van der Waals surface area contributed by atoms with Gasteiger partial charge in [0.05, 0.1) is 4.90 Å². The average molecular weight is 458 g/mol. The molecule has 2 aromatic carbocycles. The van der Waals surface area contributed by atoms with E-state index in [9.17, 15) is 18.0 Å². The van der Waals surface area contributed by atoms with E-state index < -0.39 is 16.1 Å². The summed E-state index contributed by atoms with van der Waals surface area (Å²) in [4.78, 5) is 27.7. The normalized spacial score (nSPS) is 16.1. The summed E-state index contributed by atoms with van der Waals surface area (Å²) in [6, 6.07) is 13.3. The number of hydrogen-bond donors (Lipinski definition) is 1. The summed E-state index contributed by atoms with van der Waals surface area (Å²) in [5, 5.41) is 2.86. The lowest BCUT2D eigenvalue weighted by atomic mass is 10.0. The highest BCUT2D eigenvalue weighted by Gasteiger charge is 2.34. The van der Waals surface area contributed by atoms with Crippen molar-refractivity contribution in [3.8, 4) is 0 Å². The molecule has 1 unspecified atom stereocenters. The molecule has 8 heteroatoms. The lowest BCUT2D eigenvalue weighted by Gasteiger charge is -2.36. The lowest BCUT2D eigenvalue weighted by Crippen LogP contribution is -2.57. The van der Waals surface area contributed by atoms with E-state index in [0.29, 0.717) is 5.56 Å². The standard InChI is InChI=1S/C24H31N3O4S/c1-17(2)22(25-23(28)20-9-5-18(3)6-10-20)24(29)26-13-15-27(16-14-26)32(30,31)21-11-7-19(4)8-12-21/h5-12,17,22H,13-16H2,1-4H3,(H,25,28). The van der Waals surface area contributed by atoms with E-state index in [-0.39, 0.29) is 48.8 Å². The number of piperazine rings is 1. The molecule has 172 valence electrons. The number of aryl methyl sites for hydroxylation is 2. The average Bonchev–Trinajstić information content (AvgIpc) is 2.77. The summed E-state index contributed by atoms with van der Waals surface area (Å²) < 4.78 is 27.2. The molecule has 1 heterocycles. The second kappa shape index (κ2) is 9.83. The van der Waals surface area contributed by atoms with Crippen molar-refractivity contribution >= 4 is 21.8 Å². The van der Waals surface area contributed by atoms with Gasteiger partial charge in [0.1, 0.15) is 6.04 Å². The predicted molar refractivity (Wildman–Crippen MR) is 124 cm³/mol. The molecule has 3 rings (SSSR count). The third kappa shape index (κ3) is 5.37. The Morgan fingerprint density at radius 2 is 1.34 bits per heavy atom. The second-order valence-electron chi connectivity index (χ2n) is 8.60. The van der Waals surface area contributed by atoms with Crippen LogP contribution in [0, 0.1) is 19.8 Å². The van der Waals surface area contributed by atoms with Crippen LogP contribution >= 0.6 is 0 Å². The SMILES string of the molecule is Cc1ccc(C(=O)NC(C(=O)N2CCN(S(=O)(=O)c3ccc(C)cc3)CC2)C(C)C)cc1. The van der Waals surface area contributed by atoms with Crippen LogP contribution in [0.15, 0.2) is 53.4 Å². The third-order valence-corrected chi connectivity index (χ3v) is 7.66. The molecule has 32 heavy (non-hydrogen) atoms. The number of carbonyl (C=O) groups excluding carboxylic acids is 2. The van der Waals surface area contributed by atoms with Crippen molar-refractivity contribution in [2.45, 2.75) is 38.6 Å². The molecule has 1 atom stereocenters. The van der Waals surface area contributed by atoms with E-state index in [1.165, 1.54) is 4.31 Å². The highest BCUT2D eigenvalue weighted by Crippen LogP contribution is 2.19. The predicted octanol–water partition coefficient (Wildman–Crippen LogP) is 2.59. The first-order valence-electron chi connectivity index (χ1n) is 10.8. The van der Waals surface area contributed by atoms with E-state index in [4.69, 9.17) is 0 Å². The van der Waals surface area contributed by atoms with Crippen LogP contribution < -0.4 is 5.32 Å². The van der Waals surface area contributed by atoms with Crippen molar-refractivity contribution < 1.29 is 18.0 Å². The monoisotopic (exact) mass is 457 g/mol. The highest BCUT2D eigenvalue weighted by molar-refractivity contribution is 7.89. The topological polar surface area (TPSA) is 86.8 Å². The molecule has 0 saturated carbocycles. The van der Waals surface area contributed by atoms with Crippen LogP contribution in [0.5, 0.6) is 0 Å². The van der Waals surface area contributed by atoms with Crippen LogP contribution in [0.3, 0.4) is 0 Å². The zero-order chi connectivity index (χ0) is 23.5. The van der Waals surface area contributed by atoms with Crippen molar-refractivity contribution in [3.63, 3.8) is 0 Å². The molecule has 1 saturated heterocycles. The third-order valence-electron chi connectivity index (χ3n) is 5.74. The fraction of sp³-hybridized carbons (Fsp3) is 0.417. The fourth-order valence-electron chi connectivity index (χ4n) is 3.65. The number of benzene rings is 2. The van der Waals surface area contributed by atoms with Crippen molar-refractivity contribution in [2.75, 3.05) is 26.2 Å². The number of nitrogens with zero attached hydrogens (tertiary/aromatic N) is 2. The van der Waals surface area contributed by atoms with Gasteiger partial charge in [0.2, 0.25) is 15.9 Å². The van der Waals surface area contributed by atoms with Gasteiger partial charge in [0.25, 0.3) is 5.91 Å². The molecule has 2 aromatic rings. The van der Waals surface area contributed by atoms with Crippen LogP contribution in [0.4, 0.5) is 0 Å². The van der Waals surface area contributed by atoms with E-state index in [1.54, 1.807) is 41.3 Å². The van der Waals surface area contributed by atoms with Crippen molar-refractivity contribution in [1.29, 1.82) is 0 Å². The Hall–Kier alpha value is -2.71. The maximum Gasteiger partial charge on any atom is 0.251 e.